The minimum atomic E-state index is -0.0653. The zero-order valence-corrected chi connectivity index (χ0v) is 22.3. The number of likely N-dealkylation sites (N-methyl/N-ethyl adjacent to an activating group) is 1. The van der Waals surface area contributed by atoms with E-state index in [0.717, 1.165) is 19.4 Å². The Labute approximate surface area is 201 Å². The van der Waals surface area contributed by atoms with Gasteiger partial charge in [-0.25, -0.2) is 0 Å². The molecule has 0 rings (SSSR count). The maximum Gasteiger partial charge on any atom is 0.135 e. The molecule has 192 valence electrons. The van der Waals surface area contributed by atoms with E-state index in [1.165, 1.54) is 96.3 Å². The van der Waals surface area contributed by atoms with Gasteiger partial charge in [0.2, 0.25) is 0 Å². The number of ether oxygens (including phenoxy) is 2. The van der Waals surface area contributed by atoms with Crippen molar-refractivity contribution in [3.8, 4) is 0 Å². The molecule has 0 saturated carbocycles. The van der Waals surface area contributed by atoms with E-state index >= 15 is 0 Å². The molecule has 0 saturated heterocycles. The number of carbonyl (C=O) groups is 1. The van der Waals surface area contributed by atoms with Crippen molar-refractivity contribution in [3.05, 3.63) is 0 Å². The third-order valence-electron chi connectivity index (χ3n) is 6.23. The van der Waals surface area contributed by atoms with Crippen LogP contribution in [0.1, 0.15) is 136 Å². The highest BCUT2D eigenvalue weighted by atomic mass is 16.5. The lowest BCUT2D eigenvalue weighted by Crippen LogP contribution is -2.35. The van der Waals surface area contributed by atoms with Crippen LogP contribution in [0.4, 0.5) is 0 Å². The fourth-order valence-electron chi connectivity index (χ4n) is 3.94. The number of Topliss-reactive ketones (excluding diaryl/α,β-unsaturated/α-hetero) is 1. The zero-order chi connectivity index (χ0) is 23.7. The average Bonchev–Trinajstić information content (AvgIpc) is 2.77. The number of unbranched alkanes of at least 4 members (excludes halogenated alkanes) is 15. The van der Waals surface area contributed by atoms with E-state index < -0.39 is 0 Å². The first kappa shape index (κ1) is 31.6. The molecule has 1 unspecified atom stereocenters. The van der Waals surface area contributed by atoms with E-state index in [0.29, 0.717) is 31.8 Å². The standard InChI is InChI=1S/C28H57NO3/c1-5-7-9-11-13-14-15-17-19-21-24-31-26-28(29(3)4)32-25-23-27(30)22-20-18-16-12-10-8-6-2/h28H,5-26H2,1-4H3. The van der Waals surface area contributed by atoms with Gasteiger partial charge < -0.3 is 9.47 Å². The molecule has 0 fully saturated rings. The molecular weight excluding hydrogens is 398 g/mol. The summed E-state index contributed by atoms with van der Waals surface area (Å²) in [7, 11) is 4.02. The van der Waals surface area contributed by atoms with Crippen molar-refractivity contribution in [1.29, 1.82) is 0 Å². The Kier molecular flexibility index (Phi) is 24.8. The summed E-state index contributed by atoms with van der Waals surface area (Å²) in [6.45, 7) is 6.40. The average molecular weight is 456 g/mol. The first-order valence-electron chi connectivity index (χ1n) is 14.0. The van der Waals surface area contributed by atoms with Crippen molar-refractivity contribution in [1.82, 2.24) is 4.90 Å². The topological polar surface area (TPSA) is 38.8 Å². The van der Waals surface area contributed by atoms with Gasteiger partial charge in [-0.1, -0.05) is 110 Å². The minimum Gasteiger partial charge on any atom is -0.377 e. The van der Waals surface area contributed by atoms with Gasteiger partial charge in [0.05, 0.1) is 13.2 Å². The number of rotatable bonds is 26. The predicted octanol–water partition coefficient (Wildman–Crippen LogP) is 7.93. The van der Waals surface area contributed by atoms with Crippen LogP contribution in [0.5, 0.6) is 0 Å². The Morgan fingerprint density at radius 3 is 1.59 bits per heavy atom. The second-order valence-corrected chi connectivity index (χ2v) is 9.71. The molecule has 0 aliphatic carbocycles. The van der Waals surface area contributed by atoms with E-state index in [1.54, 1.807) is 0 Å². The molecule has 0 spiro atoms. The van der Waals surface area contributed by atoms with Crippen molar-refractivity contribution in [2.24, 2.45) is 0 Å². The van der Waals surface area contributed by atoms with Gasteiger partial charge in [0.25, 0.3) is 0 Å². The first-order valence-corrected chi connectivity index (χ1v) is 14.0. The Hall–Kier alpha value is -0.450. The molecule has 0 radical (unpaired) electrons. The molecule has 0 aromatic rings. The Morgan fingerprint density at radius 2 is 1.09 bits per heavy atom. The largest absolute Gasteiger partial charge is 0.377 e. The van der Waals surface area contributed by atoms with Crippen LogP contribution in [0.3, 0.4) is 0 Å². The SMILES string of the molecule is CCCCCCCCCCCCOCC(OCCC(=O)CCCCCCCCC)N(C)C. The predicted molar refractivity (Wildman–Crippen MR) is 138 cm³/mol. The number of carbonyl (C=O) groups excluding carboxylic acids is 1. The van der Waals surface area contributed by atoms with Crippen LogP contribution >= 0.6 is 0 Å². The van der Waals surface area contributed by atoms with Gasteiger partial charge in [0.1, 0.15) is 12.0 Å². The Morgan fingerprint density at radius 1 is 0.625 bits per heavy atom. The van der Waals surface area contributed by atoms with Gasteiger partial charge >= 0.3 is 0 Å². The van der Waals surface area contributed by atoms with Crippen LogP contribution < -0.4 is 0 Å². The highest BCUT2D eigenvalue weighted by molar-refractivity contribution is 5.78. The van der Waals surface area contributed by atoms with Crippen molar-refractivity contribution in [3.63, 3.8) is 0 Å². The Bertz CT molecular complexity index is 387. The van der Waals surface area contributed by atoms with Crippen LogP contribution in [0, 0.1) is 0 Å². The quantitative estimate of drug-likeness (QED) is 0.0980. The molecule has 0 aromatic carbocycles. The normalized spacial score (nSPS) is 12.5. The Balaban J connectivity index is 3.57. The van der Waals surface area contributed by atoms with Crippen molar-refractivity contribution in [2.45, 2.75) is 142 Å². The molecule has 0 aliphatic rings. The fourth-order valence-corrected chi connectivity index (χ4v) is 3.94. The highest BCUT2D eigenvalue weighted by Gasteiger charge is 2.13. The molecule has 0 N–H and O–H groups in total. The lowest BCUT2D eigenvalue weighted by molar-refractivity contribution is -0.124. The van der Waals surface area contributed by atoms with Gasteiger partial charge in [-0.2, -0.15) is 0 Å². The summed E-state index contributed by atoms with van der Waals surface area (Å²) in [5.41, 5.74) is 0. The van der Waals surface area contributed by atoms with Gasteiger partial charge in [-0.3, -0.25) is 9.69 Å². The molecule has 0 aromatic heterocycles. The van der Waals surface area contributed by atoms with E-state index in [4.69, 9.17) is 9.47 Å². The maximum absolute atomic E-state index is 12.1. The van der Waals surface area contributed by atoms with Gasteiger partial charge in [-0.05, 0) is 26.9 Å². The van der Waals surface area contributed by atoms with Crippen LogP contribution in [-0.2, 0) is 14.3 Å². The molecule has 0 bridgehead atoms. The summed E-state index contributed by atoms with van der Waals surface area (Å²) in [5, 5.41) is 0. The summed E-state index contributed by atoms with van der Waals surface area (Å²) >= 11 is 0. The second kappa shape index (κ2) is 25.2. The number of ketones is 1. The molecule has 1 atom stereocenters. The van der Waals surface area contributed by atoms with Crippen LogP contribution in [0.2, 0.25) is 0 Å². The minimum absolute atomic E-state index is 0.0653. The fraction of sp³-hybridized carbons (Fsp3) is 0.964. The monoisotopic (exact) mass is 455 g/mol. The first-order chi connectivity index (χ1) is 15.6. The molecule has 0 amide bonds. The smallest absolute Gasteiger partial charge is 0.135 e. The molecule has 0 heterocycles. The third-order valence-corrected chi connectivity index (χ3v) is 6.23. The van der Waals surface area contributed by atoms with E-state index in [-0.39, 0.29) is 6.23 Å². The molecule has 32 heavy (non-hydrogen) atoms. The van der Waals surface area contributed by atoms with E-state index in [1.807, 2.05) is 19.0 Å². The van der Waals surface area contributed by atoms with Crippen molar-refractivity contribution < 1.29 is 14.3 Å². The number of nitrogens with zero attached hydrogens (tertiary/aromatic N) is 1. The molecule has 4 nitrogen and oxygen atoms in total. The molecule has 4 heteroatoms. The van der Waals surface area contributed by atoms with Crippen LogP contribution in [-0.4, -0.2) is 50.8 Å². The van der Waals surface area contributed by atoms with Crippen LogP contribution in [0.25, 0.3) is 0 Å². The van der Waals surface area contributed by atoms with Crippen LogP contribution in [0.15, 0.2) is 0 Å². The molecule has 0 aliphatic heterocycles. The second-order valence-electron chi connectivity index (χ2n) is 9.71. The van der Waals surface area contributed by atoms with Crippen molar-refractivity contribution >= 4 is 5.78 Å². The lowest BCUT2D eigenvalue weighted by atomic mass is 10.1. The van der Waals surface area contributed by atoms with E-state index in [2.05, 4.69) is 13.8 Å². The van der Waals surface area contributed by atoms with Crippen molar-refractivity contribution in [2.75, 3.05) is 33.9 Å². The summed E-state index contributed by atoms with van der Waals surface area (Å²) in [4.78, 5) is 14.1. The maximum atomic E-state index is 12.1. The zero-order valence-electron chi connectivity index (χ0n) is 22.3. The summed E-state index contributed by atoms with van der Waals surface area (Å²) in [6, 6.07) is 0. The summed E-state index contributed by atoms with van der Waals surface area (Å²) < 4.78 is 11.8. The lowest BCUT2D eigenvalue weighted by Gasteiger charge is -2.24. The summed E-state index contributed by atoms with van der Waals surface area (Å²) in [6.07, 6.45) is 23.3. The van der Waals surface area contributed by atoms with E-state index in [9.17, 15) is 4.79 Å². The highest BCUT2D eigenvalue weighted by Crippen LogP contribution is 2.11. The molecular formula is C28H57NO3. The van der Waals surface area contributed by atoms with Gasteiger partial charge in [0, 0.05) is 19.4 Å². The van der Waals surface area contributed by atoms with Gasteiger partial charge in [-0.15, -0.1) is 0 Å². The number of hydrogen-bond acceptors (Lipinski definition) is 4. The summed E-state index contributed by atoms with van der Waals surface area (Å²) in [5.74, 6) is 0.336. The third kappa shape index (κ3) is 22.7. The number of hydrogen-bond donors (Lipinski definition) is 0. The van der Waals surface area contributed by atoms with Gasteiger partial charge in [0.15, 0.2) is 0 Å².